The van der Waals surface area contributed by atoms with E-state index in [1.54, 1.807) is 7.11 Å². The Kier molecular flexibility index (Phi) is 5.45. The summed E-state index contributed by atoms with van der Waals surface area (Å²) in [7, 11) is 3.06. The van der Waals surface area contributed by atoms with Crippen molar-refractivity contribution in [3.8, 4) is 11.5 Å². The first-order valence-electron chi connectivity index (χ1n) is 9.90. The average molecular weight is 394 g/mol. The summed E-state index contributed by atoms with van der Waals surface area (Å²) in [4.78, 5) is 15.9. The maximum Gasteiger partial charge on any atom is 0.323 e. The summed E-state index contributed by atoms with van der Waals surface area (Å²) in [6.45, 7) is 2.70. The molecule has 0 saturated carbocycles. The van der Waals surface area contributed by atoms with Crippen LogP contribution in [0.25, 0.3) is 10.9 Å². The zero-order valence-electron chi connectivity index (χ0n) is 17.0. The van der Waals surface area contributed by atoms with Gasteiger partial charge in [-0.1, -0.05) is 31.2 Å². The van der Waals surface area contributed by atoms with Gasteiger partial charge in [-0.05, 0) is 35.7 Å². The fourth-order valence-corrected chi connectivity index (χ4v) is 3.99. The van der Waals surface area contributed by atoms with Crippen LogP contribution in [0.3, 0.4) is 0 Å². The molecule has 0 amide bonds. The third-order valence-corrected chi connectivity index (χ3v) is 5.38. The minimum absolute atomic E-state index is 0.190. The summed E-state index contributed by atoms with van der Waals surface area (Å²) >= 11 is 0. The molecule has 1 aliphatic rings. The van der Waals surface area contributed by atoms with Crippen molar-refractivity contribution in [1.82, 2.24) is 10.3 Å². The molecule has 152 valence electrons. The fraction of sp³-hybridized carbons (Fsp3) is 0.348. The molecule has 4 rings (SSSR count). The highest BCUT2D eigenvalue weighted by Gasteiger charge is 2.34. The minimum atomic E-state index is -0.418. The summed E-state index contributed by atoms with van der Waals surface area (Å²) in [5, 5.41) is 4.59. The number of ether oxygens (including phenoxy) is 3. The van der Waals surface area contributed by atoms with Crippen LogP contribution in [0.4, 0.5) is 0 Å². The number of aromatic amines is 1. The first-order chi connectivity index (χ1) is 14.2. The van der Waals surface area contributed by atoms with Gasteiger partial charge in [-0.15, -0.1) is 0 Å². The summed E-state index contributed by atoms with van der Waals surface area (Å²) in [5.74, 6) is 1.13. The third kappa shape index (κ3) is 3.56. The van der Waals surface area contributed by atoms with Crippen molar-refractivity contribution in [1.29, 1.82) is 0 Å². The molecule has 0 saturated heterocycles. The maximum atomic E-state index is 12.4. The highest BCUT2D eigenvalue weighted by molar-refractivity contribution is 5.87. The normalized spacial score (nSPS) is 18.3. The molecule has 0 radical (unpaired) electrons. The van der Waals surface area contributed by atoms with Crippen molar-refractivity contribution >= 4 is 16.9 Å². The Balaban J connectivity index is 1.79. The van der Waals surface area contributed by atoms with E-state index in [-0.39, 0.29) is 12.0 Å². The van der Waals surface area contributed by atoms with Crippen LogP contribution in [0.5, 0.6) is 11.5 Å². The lowest BCUT2D eigenvalue weighted by molar-refractivity contribution is -0.143. The molecule has 0 bridgehead atoms. The lowest BCUT2D eigenvalue weighted by Crippen LogP contribution is -2.45. The maximum absolute atomic E-state index is 12.4. The van der Waals surface area contributed by atoms with Crippen LogP contribution in [0.2, 0.25) is 0 Å². The van der Waals surface area contributed by atoms with E-state index in [1.165, 1.54) is 7.11 Å². The lowest BCUT2D eigenvalue weighted by Gasteiger charge is -2.30. The summed E-state index contributed by atoms with van der Waals surface area (Å²) < 4.78 is 16.4. The van der Waals surface area contributed by atoms with Crippen molar-refractivity contribution in [2.75, 3.05) is 20.8 Å². The van der Waals surface area contributed by atoms with Crippen LogP contribution >= 0.6 is 0 Å². The lowest BCUT2D eigenvalue weighted by atomic mass is 9.90. The molecule has 29 heavy (non-hydrogen) atoms. The summed E-state index contributed by atoms with van der Waals surface area (Å²) in [6.07, 6.45) is 1.51. The standard InChI is InChI=1S/C23H26N2O4/c1-4-11-29-19-10-9-14(12-20(19)27-2)21-22-16(13-18(25-21)23(26)28-3)15-7-5-6-8-17(15)24-22/h5-10,12,18,21,24-25H,4,11,13H2,1-3H3/t18-,21-/m1/s1. The van der Waals surface area contributed by atoms with Gasteiger partial charge in [0.15, 0.2) is 11.5 Å². The molecule has 2 aromatic carbocycles. The van der Waals surface area contributed by atoms with Gasteiger partial charge in [0, 0.05) is 23.0 Å². The van der Waals surface area contributed by atoms with Crippen LogP contribution in [0.1, 0.15) is 36.2 Å². The molecule has 6 nitrogen and oxygen atoms in total. The molecule has 0 unspecified atom stereocenters. The second-order valence-electron chi connectivity index (χ2n) is 7.20. The van der Waals surface area contributed by atoms with E-state index in [1.807, 2.05) is 30.3 Å². The first kappa shape index (κ1) is 19.3. The van der Waals surface area contributed by atoms with E-state index < -0.39 is 6.04 Å². The smallest absolute Gasteiger partial charge is 0.323 e. The number of hydrogen-bond acceptors (Lipinski definition) is 5. The van der Waals surface area contributed by atoms with E-state index in [0.29, 0.717) is 18.8 Å². The second kappa shape index (κ2) is 8.17. The minimum Gasteiger partial charge on any atom is -0.493 e. The van der Waals surface area contributed by atoms with E-state index >= 15 is 0 Å². The average Bonchev–Trinajstić information content (AvgIpc) is 3.15. The highest BCUT2D eigenvalue weighted by Crippen LogP contribution is 2.38. The van der Waals surface area contributed by atoms with Crippen LogP contribution in [0.15, 0.2) is 42.5 Å². The number of methoxy groups -OCH3 is 2. The third-order valence-electron chi connectivity index (χ3n) is 5.38. The first-order valence-corrected chi connectivity index (χ1v) is 9.90. The van der Waals surface area contributed by atoms with Gasteiger partial charge in [0.2, 0.25) is 0 Å². The predicted molar refractivity (Wildman–Crippen MR) is 112 cm³/mol. The van der Waals surface area contributed by atoms with Gasteiger partial charge >= 0.3 is 5.97 Å². The Labute approximate surface area is 170 Å². The molecule has 0 fully saturated rings. The van der Waals surface area contributed by atoms with Crippen molar-refractivity contribution in [3.63, 3.8) is 0 Å². The topological polar surface area (TPSA) is 72.6 Å². The highest BCUT2D eigenvalue weighted by atomic mass is 16.5. The Bertz CT molecular complexity index is 1030. The van der Waals surface area contributed by atoms with Crippen molar-refractivity contribution < 1.29 is 19.0 Å². The monoisotopic (exact) mass is 394 g/mol. The molecule has 0 aliphatic carbocycles. The largest absolute Gasteiger partial charge is 0.493 e. The number of nitrogens with one attached hydrogen (secondary N) is 2. The van der Waals surface area contributed by atoms with Gasteiger partial charge in [-0.25, -0.2) is 0 Å². The number of aromatic nitrogens is 1. The number of rotatable bonds is 6. The number of fused-ring (bicyclic) bond motifs is 3. The zero-order chi connectivity index (χ0) is 20.4. The number of carbonyl (C=O) groups excluding carboxylic acids is 1. The van der Waals surface area contributed by atoms with Crippen LogP contribution in [-0.2, 0) is 16.0 Å². The van der Waals surface area contributed by atoms with Gasteiger partial charge in [0.25, 0.3) is 0 Å². The second-order valence-corrected chi connectivity index (χ2v) is 7.20. The zero-order valence-corrected chi connectivity index (χ0v) is 17.0. The predicted octanol–water partition coefficient (Wildman–Crippen LogP) is 3.74. The van der Waals surface area contributed by atoms with E-state index in [4.69, 9.17) is 14.2 Å². The Morgan fingerprint density at radius 2 is 1.97 bits per heavy atom. The molecule has 0 spiro atoms. The fourth-order valence-electron chi connectivity index (χ4n) is 3.99. The van der Waals surface area contributed by atoms with E-state index in [0.717, 1.165) is 39.9 Å². The number of hydrogen-bond donors (Lipinski definition) is 2. The Morgan fingerprint density at radius 3 is 2.72 bits per heavy atom. The number of benzene rings is 2. The number of H-pyrrole nitrogens is 1. The van der Waals surface area contributed by atoms with Crippen LogP contribution < -0.4 is 14.8 Å². The van der Waals surface area contributed by atoms with Gasteiger partial charge in [-0.2, -0.15) is 0 Å². The molecule has 3 aromatic rings. The molecule has 1 aromatic heterocycles. The number of esters is 1. The van der Waals surface area contributed by atoms with Gasteiger partial charge < -0.3 is 19.2 Å². The molecular weight excluding hydrogens is 368 g/mol. The Hall–Kier alpha value is -2.99. The SMILES string of the molecule is CCCOc1ccc([C@H]2N[C@@H](C(=O)OC)Cc3c2[nH]c2ccccc32)cc1OC. The summed E-state index contributed by atoms with van der Waals surface area (Å²) in [5.41, 5.74) is 4.26. The number of para-hydroxylation sites is 1. The van der Waals surface area contributed by atoms with Crippen molar-refractivity contribution in [2.45, 2.75) is 31.8 Å². The molecule has 2 N–H and O–H groups in total. The molecular formula is C23H26N2O4. The van der Waals surface area contributed by atoms with Crippen molar-refractivity contribution in [2.24, 2.45) is 0 Å². The molecule has 2 heterocycles. The van der Waals surface area contributed by atoms with Crippen molar-refractivity contribution in [3.05, 3.63) is 59.3 Å². The van der Waals surface area contributed by atoms with Crippen LogP contribution in [-0.4, -0.2) is 37.8 Å². The van der Waals surface area contributed by atoms with Crippen LogP contribution in [0, 0.1) is 0 Å². The van der Waals surface area contributed by atoms with E-state index in [9.17, 15) is 4.79 Å². The summed E-state index contributed by atoms with van der Waals surface area (Å²) in [6, 6.07) is 13.5. The quantitative estimate of drug-likeness (QED) is 0.623. The molecule has 1 aliphatic heterocycles. The van der Waals surface area contributed by atoms with E-state index in [2.05, 4.69) is 29.4 Å². The van der Waals surface area contributed by atoms with Gasteiger partial charge in [-0.3, -0.25) is 10.1 Å². The number of carbonyl (C=O) groups is 1. The van der Waals surface area contributed by atoms with Gasteiger partial charge in [0.05, 0.1) is 26.9 Å². The van der Waals surface area contributed by atoms with Gasteiger partial charge in [0.1, 0.15) is 6.04 Å². The molecule has 6 heteroatoms. The molecule has 2 atom stereocenters. The Morgan fingerprint density at radius 1 is 1.14 bits per heavy atom.